The molecule has 1 fully saturated rings. The highest BCUT2D eigenvalue weighted by Crippen LogP contribution is 2.23. The normalized spacial score (nSPS) is 16.4. The van der Waals surface area contributed by atoms with E-state index >= 15 is 0 Å². The minimum atomic E-state index is -0.0932. The predicted octanol–water partition coefficient (Wildman–Crippen LogP) is 1.88. The predicted molar refractivity (Wildman–Crippen MR) is 101 cm³/mol. The molecule has 0 N–H and O–H groups in total. The first kappa shape index (κ1) is 16.6. The lowest BCUT2D eigenvalue weighted by Crippen LogP contribution is -2.30. The van der Waals surface area contributed by atoms with Crippen LogP contribution in [0.3, 0.4) is 0 Å². The Kier molecular flexibility index (Phi) is 4.78. The van der Waals surface area contributed by atoms with Gasteiger partial charge in [0, 0.05) is 49.9 Å². The molecule has 9 heteroatoms. The highest BCUT2D eigenvalue weighted by atomic mass is 32.1. The molecular formula is C16H20N6OS2. The topological polar surface area (TPSA) is 66.6 Å². The summed E-state index contributed by atoms with van der Waals surface area (Å²) >= 11 is 3.14. The van der Waals surface area contributed by atoms with Gasteiger partial charge < -0.3 is 4.90 Å². The number of thiazole rings is 1. The molecule has 0 radical (unpaired) electrons. The van der Waals surface area contributed by atoms with E-state index in [1.807, 2.05) is 12.4 Å². The Labute approximate surface area is 153 Å². The molecule has 0 atom stereocenters. The lowest BCUT2D eigenvalue weighted by Gasteiger charge is -2.20. The largest absolute Gasteiger partial charge is 0.345 e. The SMILES string of the molecule is CCc1cc(=O)n2nc(N3CCCN(Cc4cscn4)CC3)sc2n1. The Hall–Kier alpha value is -1.84. The summed E-state index contributed by atoms with van der Waals surface area (Å²) in [7, 11) is 0. The monoisotopic (exact) mass is 376 g/mol. The maximum Gasteiger partial charge on any atom is 0.275 e. The molecule has 0 spiro atoms. The Morgan fingerprint density at radius 2 is 2.12 bits per heavy atom. The van der Waals surface area contributed by atoms with Crippen molar-refractivity contribution in [2.75, 3.05) is 31.1 Å². The van der Waals surface area contributed by atoms with E-state index in [9.17, 15) is 4.79 Å². The van der Waals surface area contributed by atoms with Crippen LogP contribution in [0, 0.1) is 0 Å². The number of aryl methyl sites for hydroxylation is 1. The number of rotatable bonds is 4. The average Bonchev–Trinajstić information content (AvgIpc) is 3.21. The highest BCUT2D eigenvalue weighted by Gasteiger charge is 2.19. The molecule has 1 saturated heterocycles. The van der Waals surface area contributed by atoms with Gasteiger partial charge in [-0.15, -0.1) is 16.4 Å². The van der Waals surface area contributed by atoms with Gasteiger partial charge in [-0.3, -0.25) is 9.69 Å². The molecule has 0 unspecified atom stereocenters. The molecular weight excluding hydrogens is 356 g/mol. The first-order valence-electron chi connectivity index (χ1n) is 8.47. The van der Waals surface area contributed by atoms with Gasteiger partial charge in [0.25, 0.3) is 5.56 Å². The third kappa shape index (κ3) is 3.58. The molecule has 0 aromatic carbocycles. The van der Waals surface area contributed by atoms with Crippen molar-refractivity contribution in [3.63, 3.8) is 0 Å². The first-order chi connectivity index (χ1) is 12.2. The molecule has 1 aliphatic heterocycles. The molecule has 0 aliphatic carbocycles. The van der Waals surface area contributed by atoms with Gasteiger partial charge in [-0.25, -0.2) is 9.97 Å². The lowest BCUT2D eigenvalue weighted by molar-refractivity contribution is 0.282. The van der Waals surface area contributed by atoms with Crippen LogP contribution in [0.5, 0.6) is 0 Å². The number of anilines is 1. The fraction of sp³-hybridized carbons (Fsp3) is 0.500. The molecule has 0 bridgehead atoms. The van der Waals surface area contributed by atoms with Crippen molar-refractivity contribution < 1.29 is 0 Å². The average molecular weight is 377 g/mol. The summed E-state index contributed by atoms with van der Waals surface area (Å²) < 4.78 is 1.43. The molecule has 4 heterocycles. The van der Waals surface area contributed by atoms with Gasteiger partial charge in [0.15, 0.2) is 0 Å². The quantitative estimate of drug-likeness (QED) is 0.693. The van der Waals surface area contributed by atoms with Crippen LogP contribution in [-0.4, -0.2) is 50.7 Å². The lowest BCUT2D eigenvalue weighted by atomic mass is 10.3. The van der Waals surface area contributed by atoms with E-state index in [-0.39, 0.29) is 5.56 Å². The van der Waals surface area contributed by atoms with Crippen molar-refractivity contribution in [3.8, 4) is 0 Å². The fourth-order valence-corrected chi connectivity index (χ4v) is 4.55. The maximum atomic E-state index is 12.2. The first-order valence-corrected chi connectivity index (χ1v) is 10.2. The van der Waals surface area contributed by atoms with Crippen molar-refractivity contribution in [1.29, 1.82) is 0 Å². The molecule has 0 amide bonds. The van der Waals surface area contributed by atoms with Gasteiger partial charge in [-0.2, -0.15) is 4.52 Å². The Balaban J connectivity index is 1.51. The Morgan fingerprint density at radius 3 is 2.92 bits per heavy atom. The molecule has 25 heavy (non-hydrogen) atoms. The zero-order valence-electron chi connectivity index (χ0n) is 14.1. The molecule has 132 valence electrons. The summed E-state index contributed by atoms with van der Waals surface area (Å²) in [6.45, 7) is 6.78. The Bertz CT molecular complexity index is 903. The van der Waals surface area contributed by atoms with Crippen molar-refractivity contribution in [3.05, 3.63) is 38.7 Å². The van der Waals surface area contributed by atoms with Crippen molar-refractivity contribution >= 4 is 32.8 Å². The molecule has 1 aliphatic rings. The summed E-state index contributed by atoms with van der Waals surface area (Å²) in [5.74, 6) is 0. The van der Waals surface area contributed by atoms with Crippen LogP contribution in [0.25, 0.3) is 4.96 Å². The minimum Gasteiger partial charge on any atom is -0.345 e. The fourth-order valence-electron chi connectivity index (χ4n) is 3.02. The van der Waals surface area contributed by atoms with Crippen molar-refractivity contribution in [2.45, 2.75) is 26.3 Å². The van der Waals surface area contributed by atoms with Crippen LogP contribution < -0.4 is 10.5 Å². The number of fused-ring (bicyclic) bond motifs is 1. The highest BCUT2D eigenvalue weighted by molar-refractivity contribution is 7.20. The van der Waals surface area contributed by atoms with Crippen molar-refractivity contribution in [1.82, 2.24) is 24.5 Å². The van der Waals surface area contributed by atoms with E-state index in [1.54, 1.807) is 17.4 Å². The second kappa shape index (κ2) is 7.19. The summed E-state index contributed by atoms with van der Waals surface area (Å²) in [5, 5.41) is 7.50. The Morgan fingerprint density at radius 1 is 1.20 bits per heavy atom. The maximum absolute atomic E-state index is 12.2. The van der Waals surface area contributed by atoms with Crippen LogP contribution in [0.4, 0.5) is 5.13 Å². The number of hydrogen-bond donors (Lipinski definition) is 0. The molecule has 4 rings (SSSR count). The van der Waals surface area contributed by atoms with Gasteiger partial charge in [-0.05, 0) is 12.8 Å². The van der Waals surface area contributed by atoms with E-state index < -0.39 is 0 Å². The van der Waals surface area contributed by atoms with E-state index in [4.69, 9.17) is 0 Å². The van der Waals surface area contributed by atoms with E-state index in [1.165, 1.54) is 15.9 Å². The van der Waals surface area contributed by atoms with Crippen LogP contribution in [0.15, 0.2) is 21.8 Å². The summed E-state index contributed by atoms with van der Waals surface area (Å²) in [5.41, 5.74) is 3.76. The third-order valence-electron chi connectivity index (χ3n) is 4.38. The second-order valence-electron chi connectivity index (χ2n) is 6.11. The molecule has 3 aromatic rings. The van der Waals surface area contributed by atoms with Crippen LogP contribution >= 0.6 is 22.7 Å². The van der Waals surface area contributed by atoms with E-state index in [0.29, 0.717) is 4.96 Å². The number of aromatic nitrogens is 4. The van der Waals surface area contributed by atoms with Gasteiger partial charge in [-0.1, -0.05) is 18.3 Å². The minimum absolute atomic E-state index is 0.0932. The smallest absolute Gasteiger partial charge is 0.275 e. The molecule has 0 saturated carbocycles. The van der Waals surface area contributed by atoms with Crippen molar-refractivity contribution in [2.24, 2.45) is 0 Å². The molecule has 3 aromatic heterocycles. The van der Waals surface area contributed by atoms with Gasteiger partial charge >= 0.3 is 0 Å². The summed E-state index contributed by atoms with van der Waals surface area (Å²) in [4.78, 5) is 26.5. The second-order valence-corrected chi connectivity index (χ2v) is 7.77. The third-order valence-corrected chi connectivity index (χ3v) is 5.98. The zero-order chi connectivity index (χ0) is 17.2. The van der Waals surface area contributed by atoms with Crippen LogP contribution in [-0.2, 0) is 13.0 Å². The van der Waals surface area contributed by atoms with E-state index in [2.05, 4.69) is 30.2 Å². The van der Waals surface area contributed by atoms with Gasteiger partial charge in [0.2, 0.25) is 10.1 Å². The summed E-state index contributed by atoms with van der Waals surface area (Å²) in [6.07, 6.45) is 1.83. The van der Waals surface area contributed by atoms with Gasteiger partial charge in [0.05, 0.1) is 11.2 Å². The van der Waals surface area contributed by atoms with Crippen LogP contribution in [0.2, 0.25) is 0 Å². The standard InChI is InChI=1S/C16H20N6OS2/c1-2-12-8-14(23)22-15(18-12)25-16(19-22)21-5-3-4-20(6-7-21)9-13-10-24-11-17-13/h8,10-11H,2-7,9H2,1H3. The van der Waals surface area contributed by atoms with Gasteiger partial charge in [0.1, 0.15) is 0 Å². The van der Waals surface area contributed by atoms with E-state index in [0.717, 1.165) is 62.1 Å². The zero-order valence-corrected chi connectivity index (χ0v) is 15.7. The summed E-state index contributed by atoms with van der Waals surface area (Å²) in [6, 6.07) is 1.58. The number of hydrogen-bond acceptors (Lipinski definition) is 8. The van der Waals surface area contributed by atoms with Crippen LogP contribution in [0.1, 0.15) is 24.7 Å². The molecule has 7 nitrogen and oxygen atoms in total. The number of nitrogens with zero attached hydrogens (tertiary/aromatic N) is 6.